The number of rotatable bonds is 6. The van der Waals surface area contributed by atoms with E-state index in [2.05, 4.69) is 50.1 Å². The first kappa shape index (κ1) is 24.1. The molecule has 1 aromatic carbocycles. The average Bonchev–Trinajstić information content (AvgIpc) is 2.72. The number of pyridine rings is 1. The van der Waals surface area contributed by atoms with Crippen LogP contribution in [-0.2, 0) is 0 Å². The molecule has 0 saturated carbocycles. The number of benzene rings is 1. The maximum Gasteiger partial charge on any atom is 0.415 e. The summed E-state index contributed by atoms with van der Waals surface area (Å²) >= 11 is 0. The number of hydrogen-bond acceptors (Lipinski definition) is 3. The van der Waals surface area contributed by atoms with Crippen molar-refractivity contribution in [1.29, 1.82) is 0 Å². The molecule has 2 aromatic rings. The van der Waals surface area contributed by atoms with E-state index in [0.717, 1.165) is 53.1 Å². The van der Waals surface area contributed by atoms with Crippen LogP contribution in [0, 0.1) is 5.92 Å². The molecule has 0 amide bonds. The molecule has 2 atom stereocenters. The summed E-state index contributed by atoms with van der Waals surface area (Å²) in [6.45, 7) is 11.8. The van der Waals surface area contributed by atoms with Crippen LogP contribution < -0.4 is 15.9 Å². The van der Waals surface area contributed by atoms with Gasteiger partial charge in [0.1, 0.15) is 5.82 Å². The first-order valence-corrected chi connectivity index (χ1v) is 11.2. The van der Waals surface area contributed by atoms with Crippen molar-refractivity contribution in [2.75, 3.05) is 11.9 Å². The second-order valence-electron chi connectivity index (χ2n) is 8.31. The van der Waals surface area contributed by atoms with Gasteiger partial charge in [0.2, 0.25) is 0 Å². The van der Waals surface area contributed by atoms with Gasteiger partial charge in [0.15, 0.2) is 0 Å². The first-order valence-electron chi connectivity index (χ1n) is 10.6. The number of nitrogens with zero attached hydrogens (tertiary/aromatic N) is 1. The van der Waals surface area contributed by atoms with Crippen LogP contribution in [0.15, 0.2) is 78.2 Å². The number of aromatic nitrogens is 1. The Bertz CT molecular complexity index is 1080. The minimum Gasteiger partial charge on any atom is -0.387 e. The highest BCUT2D eigenvalue weighted by molar-refractivity contribution is 7.27. The quantitative estimate of drug-likeness (QED) is 0.409. The lowest BCUT2D eigenvalue weighted by atomic mass is 9.91. The lowest BCUT2D eigenvalue weighted by Gasteiger charge is -2.29. The zero-order chi connectivity index (χ0) is 23.5. The third-order valence-corrected chi connectivity index (χ3v) is 5.85. The third-order valence-electron chi connectivity index (χ3n) is 5.49. The number of allylic oxidation sites excluding steroid dienone is 5. The predicted molar refractivity (Wildman–Crippen MR) is 131 cm³/mol. The molecule has 0 bridgehead atoms. The Hall–Kier alpha value is -2.59. The lowest BCUT2D eigenvalue weighted by molar-refractivity contribution is -0.0878. The highest BCUT2D eigenvalue weighted by Crippen LogP contribution is 2.31. The van der Waals surface area contributed by atoms with Gasteiger partial charge in [-0.25, -0.2) is 4.98 Å². The fourth-order valence-corrected chi connectivity index (χ4v) is 4.02. The molecule has 3 nitrogen and oxygen atoms in total. The van der Waals surface area contributed by atoms with Crippen LogP contribution in [0.3, 0.4) is 0 Å². The summed E-state index contributed by atoms with van der Waals surface area (Å²) in [6, 6.07) is 8.07. The summed E-state index contributed by atoms with van der Waals surface area (Å²) in [5, 5.41) is 10.1. The molecule has 32 heavy (non-hydrogen) atoms. The number of alkyl halides is 3. The van der Waals surface area contributed by atoms with E-state index >= 15 is 0 Å². The van der Waals surface area contributed by atoms with Gasteiger partial charge in [-0.2, -0.15) is 13.2 Å². The molecule has 0 spiro atoms. The second-order valence-corrected chi connectivity index (χ2v) is 8.98. The summed E-state index contributed by atoms with van der Waals surface area (Å²) in [7, 11) is 2.70. The van der Waals surface area contributed by atoms with Crippen LogP contribution in [0.2, 0.25) is 0 Å². The van der Waals surface area contributed by atoms with Gasteiger partial charge in [0, 0.05) is 29.4 Å². The molecule has 1 aromatic heterocycles. The summed E-state index contributed by atoms with van der Waals surface area (Å²) in [5.41, 5.74) is 1.08. The molecule has 3 rings (SSSR count). The van der Waals surface area contributed by atoms with Crippen molar-refractivity contribution < 1.29 is 13.2 Å². The van der Waals surface area contributed by atoms with E-state index in [1.165, 1.54) is 0 Å². The van der Waals surface area contributed by atoms with Crippen LogP contribution >= 0.6 is 9.24 Å². The van der Waals surface area contributed by atoms with Gasteiger partial charge in [-0.05, 0) is 64.9 Å². The van der Waals surface area contributed by atoms with Crippen LogP contribution in [0.4, 0.5) is 19.0 Å². The van der Waals surface area contributed by atoms with Crippen LogP contribution in [0.5, 0.6) is 0 Å². The Morgan fingerprint density at radius 2 is 2.03 bits per heavy atom. The monoisotopic (exact) mass is 459 g/mol. The van der Waals surface area contributed by atoms with Gasteiger partial charge < -0.3 is 10.6 Å². The minimum atomic E-state index is -4.46. The fourth-order valence-electron chi connectivity index (χ4n) is 3.76. The molecular formula is C25H29F3N3P. The van der Waals surface area contributed by atoms with Crippen LogP contribution in [0.25, 0.3) is 10.8 Å². The molecule has 2 unspecified atom stereocenters. The molecule has 1 aliphatic rings. The number of fused-ring (bicyclic) bond motifs is 1. The van der Waals surface area contributed by atoms with E-state index in [1.807, 2.05) is 32.1 Å². The number of hydrogen-bond donors (Lipinski definition) is 2. The standard InChI is InChI=1S/C25H29F3N3P/c1-15(2)20(13-17(4)25(26,27)28)16(3)12-23-22(6-5-10-29-23)31-24-21-14-19(32)8-7-18(21)9-11-30-24/h7-9,11-15,22,29H,3-6,10,32H2,1-2H3,(H,30,31)/b20-13+,23-12-. The van der Waals surface area contributed by atoms with E-state index in [1.54, 1.807) is 6.20 Å². The van der Waals surface area contributed by atoms with Gasteiger partial charge in [-0.1, -0.05) is 39.1 Å². The molecule has 2 N–H and O–H groups in total. The summed E-state index contributed by atoms with van der Waals surface area (Å²) in [5.74, 6) is 0.649. The van der Waals surface area contributed by atoms with Gasteiger partial charge in [-0.3, -0.25) is 0 Å². The number of halogens is 3. The molecule has 1 saturated heterocycles. The van der Waals surface area contributed by atoms with Gasteiger partial charge in [-0.15, -0.1) is 9.24 Å². The van der Waals surface area contributed by atoms with E-state index in [4.69, 9.17) is 0 Å². The number of anilines is 1. The molecule has 0 aliphatic carbocycles. The smallest absolute Gasteiger partial charge is 0.387 e. The third kappa shape index (κ3) is 5.80. The van der Waals surface area contributed by atoms with Crippen molar-refractivity contribution in [3.05, 3.63) is 78.2 Å². The molecular weight excluding hydrogens is 430 g/mol. The molecule has 1 aliphatic heterocycles. The van der Waals surface area contributed by atoms with Crippen molar-refractivity contribution in [2.45, 2.75) is 38.9 Å². The van der Waals surface area contributed by atoms with Crippen LogP contribution in [0.1, 0.15) is 26.7 Å². The van der Waals surface area contributed by atoms with Crippen molar-refractivity contribution in [3.8, 4) is 0 Å². The molecule has 1 fully saturated rings. The SMILES string of the molecule is C=C(/C=C1\NCCCC1Nc1nccc2ccc(P)cc12)/C(=C/C(=C)C(F)(F)F)C(C)C. The maximum atomic E-state index is 13.0. The topological polar surface area (TPSA) is 37.0 Å². The highest BCUT2D eigenvalue weighted by atomic mass is 31.0. The number of piperidine rings is 1. The minimum absolute atomic E-state index is 0.0500. The summed E-state index contributed by atoms with van der Waals surface area (Å²) in [6.07, 6.45) is 2.10. The Morgan fingerprint density at radius 3 is 2.72 bits per heavy atom. The maximum absolute atomic E-state index is 13.0. The predicted octanol–water partition coefficient (Wildman–Crippen LogP) is 6.04. The summed E-state index contributed by atoms with van der Waals surface area (Å²) in [4.78, 5) is 4.54. The average molecular weight is 459 g/mol. The highest BCUT2D eigenvalue weighted by Gasteiger charge is 2.31. The largest absolute Gasteiger partial charge is 0.415 e. The number of nitrogens with one attached hydrogen (secondary N) is 2. The Labute approximate surface area is 189 Å². The Morgan fingerprint density at radius 1 is 1.28 bits per heavy atom. The van der Waals surface area contributed by atoms with Gasteiger partial charge in [0.25, 0.3) is 0 Å². The lowest BCUT2D eigenvalue weighted by Crippen LogP contribution is -2.36. The molecule has 0 radical (unpaired) electrons. The van der Waals surface area contributed by atoms with Crippen LogP contribution in [-0.4, -0.2) is 23.7 Å². The van der Waals surface area contributed by atoms with Crippen molar-refractivity contribution in [3.63, 3.8) is 0 Å². The van der Waals surface area contributed by atoms with Gasteiger partial charge >= 0.3 is 6.18 Å². The van der Waals surface area contributed by atoms with Gasteiger partial charge in [0.05, 0.1) is 6.04 Å². The van der Waals surface area contributed by atoms with E-state index < -0.39 is 11.7 Å². The van der Waals surface area contributed by atoms with E-state index in [-0.39, 0.29) is 12.0 Å². The van der Waals surface area contributed by atoms with Crippen molar-refractivity contribution in [2.24, 2.45) is 5.92 Å². The Balaban J connectivity index is 1.91. The molecule has 170 valence electrons. The normalized spacial score (nSPS) is 18.7. The van der Waals surface area contributed by atoms with E-state index in [9.17, 15) is 13.2 Å². The summed E-state index contributed by atoms with van der Waals surface area (Å²) < 4.78 is 39.1. The molecule has 2 heterocycles. The second kappa shape index (κ2) is 9.91. The zero-order valence-corrected chi connectivity index (χ0v) is 19.5. The zero-order valence-electron chi connectivity index (χ0n) is 18.4. The van der Waals surface area contributed by atoms with Crippen molar-refractivity contribution >= 4 is 31.1 Å². The van der Waals surface area contributed by atoms with Crippen molar-refractivity contribution in [1.82, 2.24) is 10.3 Å². The Kier molecular flexibility index (Phi) is 7.45. The fraction of sp³-hybridized carbons (Fsp3) is 0.320. The molecule has 7 heteroatoms. The first-order chi connectivity index (χ1) is 15.1. The van der Waals surface area contributed by atoms with E-state index in [0.29, 0.717) is 11.1 Å².